The number of carbonyl (C=O) groups is 1. The fourth-order valence-corrected chi connectivity index (χ4v) is 4.03. The Balaban J connectivity index is 1.38. The molecule has 0 radical (unpaired) electrons. The largest absolute Gasteiger partial charge is 0.336 e. The van der Waals surface area contributed by atoms with Crippen LogP contribution in [0.4, 0.5) is 0 Å². The van der Waals surface area contributed by atoms with E-state index in [1.165, 1.54) is 4.88 Å². The van der Waals surface area contributed by atoms with Gasteiger partial charge in [0.25, 0.3) is 5.91 Å². The third kappa shape index (κ3) is 3.15. The number of carbonyl (C=O) groups excluding carboxylic acids is 1. The molecular formula is C16H16ClN5OS. The summed E-state index contributed by atoms with van der Waals surface area (Å²) in [6.07, 6.45) is 3.40. The summed E-state index contributed by atoms with van der Waals surface area (Å²) >= 11 is 7.60. The fourth-order valence-electron chi connectivity index (χ4n) is 2.90. The van der Waals surface area contributed by atoms with Crippen LogP contribution >= 0.6 is 22.9 Å². The van der Waals surface area contributed by atoms with Crippen molar-refractivity contribution in [3.8, 4) is 0 Å². The quantitative estimate of drug-likeness (QED) is 0.719. The number of amides is 1. The van der Waals surface area contributed by atoms with Gasteiger partial charge in [0.1, 0.15) is 6.33 Å². The van der Waals surface area contributed by atoms with Gasteiger partial charge in [-0.1, -0.05) is 11.6 Å². The minimum absolute atomic E-state index is 0.0596. The van der Waals surface area contributed by atoms with Crippen LogP contribution in [0.1, 0.15) is 15.2 Å². The van der Waals surface area contributed by atoms with E-state index in [0.717, 1.165) is 42.7 Å². The number of hydrogen-bond acceptors (Lipinski definition) is 5. The Morgan fingerprint density at radius 3 is 2.75 bits per heavy atom. The van der Waals surface area contributed by atoms with E-state index in [-0.39, 0.29) is 5.91 Å². The Bertz CT molecular complexity index is 868. The molecule has 1 aliphatic rings. The van der Waals surface area contributed by atoms with Crippen LogP contribution in [-0.4, -0.2) is 56.5 Å². The van der Waals surface area contributed by atoms with Crippen molar-refractivity contribution < 1.29 is 4.79 Å². The Labute approximate surface area is 148 Å². The van der Waals surface area contributed by atoms with Gasteiger partial charge in [0.15, 0.2) is 5.65 Å². The number of halogens is 1. The molecule has 24 heavy (non-hydrogen) atoms. The van der Waals surface area contributed by atoms with Gasteiger partial charge in [-0.25, -0.2) is 0 Å². The average molecular weight is 362 g/mol. The molecule has 0 saturated carbocycles. The van der Waals surface area contributed by atoms with Crippen LogP contribution in [0.3, 0.4) is 0 Å². The normalized spacial score (nSPS) is 16.0. The number of piperazine rings is 1. The highest BCUT2D eigenvalue weighted by atomic mass is 35.5. The molecule has 0 atom stereocenters. The Hall–Kier alpha value is -1.96. The number of aromatic nitrogens is 3. The molecule has 124 valence electrons. The van der Waals surface area contributed by atoms with E-state index < -0.39 is 0 Å². The van der Waals surface area contributed by atoms with Crippen molar-refractivity contribution in [3.05, 3.63) is 51.6 Å². The maximum Gasteiger partial charge on any atom is 0.255 e. The highest BCUT2D eigenvalue weighted by molar-refractivity contribution is 7.16. The molecule has 1 fully saturated rings. The summed E-state index contributed by atoms with van der Waals surface area (Å²) in [5.74, 6) is 0.0596. The Morgan fingerprint density at radius 1 is 1.17 bits per heavy atom. The summed E-state index contributed by atoms with van der Waals surface area (Å²) in [7, 11) is 0. The van der Waals surface area contributed by atoms with Crippen molar-refractivity contribution in [2.45, 2.75) is 6.54 Å². The zero-order valence-electron chi connectivity index (χ0n) is 12.9. The molecule has 1 aliphatic heterocycles. The Kier molecular flexibility index (Phi) is 4.22. The minimum atomic E-state index is 0.0596. The lowest BCUT2D eigenvalue weighted by Gasteiger charge is -2.34. The van der Waals surface area contributed by atoms with Crippen LogP contribution in [-0.2, 0) is 6.54 Å². The number of fused-ring (bicyclic) bond motifs is 1. The first kappa shape index (κ1) is 15.6. The molecule has 4 rings (SSSR count). The molecule has 3 aromatic heterocycles. The molecule has 0 aliphatic carbocycles. The summed E-state index contributed by atoms with van der Waals surface area (Å²) in [4.78, 5) is 18.2. The van der Waals surface area contributed by atoms with Crippen LogP contribution in [0.15, 0.2) is 36.8 Å². The first-order valence-electron chi connectivity index (χ1n) is 7.74. The molecule has 0 unspecified atom stereocenters. The van der Waals surface area contributed by atoms with Crippen LogP contribution in [0.2, 0.25) is 4.34 Å². The molecule has 0 aromatic carbocycles. The smallest absolute Gasteiger partial charge is 0.255 e. The molecule has 0 N–H and O–H groups in total. The summed E-state index contributed by atoms with van der Waals surface area (Å²) in [6, 6.07) is 7.63. The third-order valence-corrected chi connectivity index (χ3v) is 5.42. The molecule has 8 heteroatoms. The van der Waals surface area contributed by atoms with Crippen molar-refractivity contribution in [1.29, 1.82) is 0 Å². The topological polar surface area (TPSA) is 53.7 Å². The third-order valence-electron chi connectivity index (χ3n) is 4.21. The predicted octanol–water partition coefficient (Wildman–Crippen LogP) is 2.40. The van der Waals surface area contributed by atoms with Gasteiger partial charge in [-0.3, -0.25) is 14.1 Å². The number of hydrogen-bond donors (Lipinski definition) is 0. The average Bonchev–Trinajstić information content (AvgIpc) is 3.23. The van der Waals surface area contributed by atoms with Gasteiger partial charge in [-0.2, -0.15) is 0 Å². The summed E-state index contributed by atoms with van der Waals surface area (Å²) in [5.41, 5.74) is 1.41. The molecular weight excluding hydrogens is 346 g/mol. The van der Waals surface area contributed by atoms with Crippen molar-refractivity contribution in [1.82, 2.24) is 24.4 Å². The maximum atomic E-state index is 12.7. The van der Waals surface area contributed by atoms with Crippen molar-refractivity contribution in [3.63, 3.8) is 0 Å². The number of thiophene rings is 1. The van der Waals surface area contributed by atoms with Gasteiger partial charge in [0, 0.05) is 43.8 Å². The van der Waals surface area contributed by atoms with Gasteiger partial charge < -0.3 is 4.90 Å². The van der Waals surface area contributed by atoms with E-state index in [9.17, 15) is 4.79 Å². The minimum Gasteiger partial charge on any atom is -0.336 e. The second-order valence-corrected chi connectivity index (χ2v) is 7.59. The lowest BCUT2D eigenvalue weighted by Crippen LogP contribution is -2.48. The van der Waals surface area contributed by atoms with Gasteiger partial charge in [0.05, 0.1) is 9.90 Å². The van der Waals surface area contributed by atoms with E-state index in [0.29, 0.717) is 5.56 Å². The molecule has 1 amide bonds. The Morgan fingerprint density at radius 2 is 2.00 bits per heavy atom. The zero-order chi connectivity index (χ0) is 16.5. The lowest BCUT2D eigenvalue weighted by atomic mass is 10.2. The van der Waals surface area contributed by atoms with Crippen LogP contribution in [0, 0.1) is 0 Å². The van der Waals surface area contributed by atoms with Crippen LogP contribution in [0.5, 0.6) is 0 Å². The SMILES string of the molecule is O=C(c1ccc2nncn2c1)N1CCN(Cc2ccc(Cl)s2)CC1. The van der Waals surface area contributed by atoms with Gasteiger partial charge in [-0.05, 0) is 24.3 Å². The second-order valence-electron chi connectivity index (χ2n) is 5.79. The molecule has 6 nitrogen and oxygen atoms in total. The second kappa shape index (κ2) is 6.51. The van der Waals surface area contributed by atoms with E-state index in [1.807, 2.05) is 23.1 Å². The van der Waals surface area contributed by atoms with Crippen molar-refractivity contribution in [2.75, 3.05) is 26.2 Å². The van der Waals surface area contributed by atoms with E-state index in [2.05, 4.69) is 21.2 Å². The van der Waals surface area contributed by atoms with Gasteiger partial charge in [0.2, 0.25) is 0 Å². The standard InChI is InChI=1S/C16H16ClN5OS/c17-14-3-2-13(24-14)10-20-5-7-21(8-6-20)16(23)12-1-4-15-19-18-11-22(15)9-12/h1-4,9,11H,5-8,10H2. The molecule has 0 spiro atoms. The number of nitrogens with zero attached hydrogens (tertiary/aromatic N) is 5. The van der Waals surface area contributed by atoms with Gasteiger partial charge in [-0.15, -0.1) is 21.5 Å². The first-order valence-corrected chi connectivity index (χ1v) is 8.94. The summed E-state index contributed by atoms with van der Waals surface area (Å²) in [5, 5.41) is 7.79. The molecule has 0 bridgehead atoms. The van der Waals surface area contributed by atoms with E-state index >= 15 is 0 Å². The summed E-state index contributed by atoms with van der Waals surface area (Å²) in [6.45, 7) is 4.11. The van der Waals surface area contributed by atoms with Crippen molar-refractivity contribution in [2.24, 2.45) is 0 Å². The van der Waals surface area contributed by atoms with Crippen molar-refractivity contribution >= 4 is 34.5 Å². The molecule has 3 aromatic rings. The zero-order valence-corrected chi connectivity index (χ0v) is 14.5. The molecule has 1 saturated heterocycles. The highest BCUT2D eigenvalue weighted by Crippen LogP contribution is 2.23. The highest BCUT2D eigenvalue weighted by Gasteiger charge is 2.22. The monoisotopic (exact) mass is 361 g/mol. The number of pyridine rings is 1. The lowest BCUT2D eigenvalue weighted by molar-refractivity contribution is 0.0629. The summed E-state index contributed by atoms with van der Waals surface area (Å²) < 4.78 is 2.59. The van der Waals surface area contributed by atoms with E-state index in [4.69, 9.17) is 11.6 Å². The number of rotatable bonds is 3. The maximum absolute atomic E-state index is 12.7. The van der Waals surface area contributed by atoms with E-state index in [1.54, 1.807) is 28.3 Å². The van der Waals surface area contributed by atoms with Crippen LogP contribution < -0.4 is 0 Å². The fraction of sp³-hybridized carbons (Fsp3) is 0.312. The molecule has 4 heterocycles. The first-order chi connectivity index (χ1) is 11.7. The van der Waals surface area contributed by atoms with Crippen LogP contribution in [0.25, 0.3) is 5.65 Å². The van der Waals surface area contributed by atoms with Gasteiger partial charge >= 0.3 is 0 Å². The predicted molar refractivity (Wildman–Crippen MR) is 93.5 cm³/mol.